The minimum Gasteiger partial charge on any atom is -0.494 e. The first kappa shape index (κ1) is 14.4. The van der Waals surface area contributed by atoms with Crippen LogP contribution in [0.5, 0.6) is 5.75 Å². The normalized spacial score (nSPS) is 10.2. The summed E-state index contributed by atoms with van der Waals surface area (Å²) < 4.78 is 5.64. The van der Waals surface area contributed by atoms with E-state index < -0.39 is 0 Å². The van der Waals surface area contributed by atoms with Gasteiger partial charge in [0, 0.05) is 6.54 Å². The molecule has 2 nitrogen and oxygen atoms in total. The molecule has 0 fully saturated rings. The molecule has 0 saturated carbocycles. The maximum atomic E-state index is 5.64. The molecule has 1 N–H and O–H groups in total. The average Bonchev–Trinajstić information content (AvgIpc) is 2.52. The number of nitrogens with one attached hydrogen (secondary N) is 1. The Bertz CT molecular complexity index is 507. The summed E-state index contributed by atoms with van der Waals surface area (Å²) in [5, 5.41) is 3.39. The van der Waals surface area contributed by atoms with Gasteiger partial charge in [-0.05, 0) is 36.2 Å². The molecule has 0 aromatic heterocycles. The first-order chi connectivity index (χ1) is 9.86. The molecule has 0 atom stereocenters. The van der Waals surface area contributed by atoms with E-state index in [-0.39, 0.29) is 0 Å². The average molecular weight is 267 g/mol. The van der Waals surface area contributed by atoms with Crippen molar-refractivity contribution < 1.29 is 4.74 Å². The molecule has 20 heavy (non-hydrogen) atoms. The number of benzene rings is 2. The highest BCUT2D eigenvalue weighted by molar-refractivity contribution is 5.64. The second-order valence-electron chi connectivity index (χ2n) is 4.66. The second-order valence-corrected chi connectivity index (χ2v) is 4.66. The van der Waals surface area contributed by atoms with Gasteiger partial charge in [0.05, 0.1) is 6.61 Å². The van der Waals surface area contributed by atoms with Crippen molar-refractivity contribution in [2.24, 2.45) is 0 Å². The number of ether oxygens (including phenoxy) is 1. The first-order valence-corrected chi connectivity index (χ1v) is 6.98. The molecule has 104 valence electrons. The molecule has 0 spiro atoms. The van der Waals surface area contributed by atoms with Crippen LogP contribution < -0.4 is 10.1 Å². The molecule has 0 aliphatic carbocycles. The minimum atomic E-state index is 0.731. The number of hydrogen-bond acceptors (Lipinski definition) is 2. The van der Waals surface area contributed by atoms with Crippen molar-refractivity contribution in [3.05, 3.63) is 72.8 Å². The smallest absolute Gasteiger partial charge is 0.119 e. The Kier molecular flexibility index (Phi) is 5.87. The molecule has 2 aromatic rings. The van der Waals surface area contributed by atoms with E-state index in [0.29, 0.717) is 0 Å². The minimum absolute atomic E-state index is 0.731. The van der Waals surface area contributed by atoms with E-state index in [9.17, 15) is 0 Å². The quantitative estimate of drug-likeness (QED) is 0.735. The van der Waals surface area contributed by atoms with Crippen LogP contribution in [-0.4, -0.2) is 19.7 Å². The van der Waals surface area contributed by atoms with E-state index in [0.717, 1.165) is 37.4 Å². The Labute approximate surface area is 121 Å². The van der Waals surface area contributed by atoms with Gasteiger partial charge in [-0.25, -0.2) is 0 Å². The lowest BCUT2D eigenvalue weighted by Gasteiger charge is -2.09. The van der Waals surface area contributed by atoms with Gasteiger partial charge in [0.1, 0.15) is 5.75 Å². The van der Waals surface area contributed by atoms with Gasteiger partial charge in [-0.3, -0.25) is 0 Å². The first-order valence-electron chi connectivity index (χ1n) is 6.98. The summed E-state index contributed by atoms with van der Waals surface area (Å²) in [5.41, 5.74) is 2.31. The van der Waals surface area contributed by atoms with Crippen molar-refractivity contribution in [3.63, 3.8) is 0 Å². The Morgan fingerprint density at radius 1 is 0.950 bits per heavy atom. The third kappa shape index (κ3) is 4.90. The zero-order valence-corrected chi connectivity index (χ0v) is 11.7. The summed E-state index contributed by atoms with van der Waals surface area (Å²) in [4.78, 5) is 0. The van der Waals surface area contributed by atoms with Gasteiger partial charge < -0.3 is 10.1 Å². The van der Waals surface area contributed by atoms with E-state index in [1.165, 1.54) is 5.56 Å². The molecular formula is C18H21NO. The summed E-state index contributed by atoms with van der Waals surface area (Å²) >= 11 is 0. The van der Waals surface area contributed by atoms with Crippen LogP contribution in [0.25, 0.3) is 5.57 Å². The Morgan fingerprint density at radius 2 is 1.60 bits per heavy atom. The monoisotopic (exact) mass is 267 g/mol. The summed E-state index contributed by atoms with van der Waals surface area (Å²) in [6.45, 7) is 6.57. The SMILES string of the molecule is C=C(CNCCCOc1ccccc1)c1ccccc1. The second kappa shape index (κ2) is 8.18. The summed E-state index contributed by atoms with van der Waals surface area (Å²) in [6, 6.07) is 20.2. The number of hydrogen-bond donors (Lipinski definition) is 1. The van der Waals surface area contributed by atoms with Crippen LogP contribution in [0.4, 0.5) is 0 Å². The Hall–Kier alpha value is -2.06. The van der Waals surface area contributed by atoms with Gasteiger partial charge in [0.25, 0.3) is 0 Å². The van der Waals surface area contributed by atoms with Gasteiger partial charge in [-0.1, -0.05) is 55.1 Å². The highest BCUT2D eigenvalue weighted by Gasteiger charge is 1.97. The highest BCUT2D eigenvalue weighted by atomic mass is 16.5. The van der Waals surface area contributed by atoms with Crippen LogP contribution in [0.1, 0.15) is 12.0 Å². The van der Waals surface area contributed by atoms with Crippen LogP contribution in [0.15, 0.2) is 67.2 Å². The zero-order valence-electron chi connectivity index (χ0n) is 11.7. The fourth-order valence-electron chi connectivity index (χ4n) is 1.92. The molecular weight excluding hydrogens is 246 g/mol. The van der Waals surface area contributed by atoms with Crippen LogP contribution >= 0.6 is 0 Å². The van der Waals surface area contributed by atoms with Gasteiger partial charge in [0.15, 0.2) is 0 Å². The van der Waals surface area contributed by atoms with Gasteiger partial charge >= 0.3 is 0 Å². The molecule has 0 aliphatic rings. The highest BCUT2D eigenvalue weighted by Crippen LogP contribution is 2.10. The molecule has 0 amide bonds. The fourth-order valence-corrected chi connectivity index (χ4v) is 1.92. The lowest BCUT2D eigenvalue weighted by Crippen LogP contribution is -2.19. The lowest BCUT2D eigenvalue weighted by molar-refractivity contribution is 0.309. The summed E-state index contributed by atoms with van der Waals surface area (Å²) in [5.74, 6) is 0.932. The Balaban J connectivity index is 1.57. The van der Waals surface area contributed by atoms with Crippen LogP contribution in [0, 0.1) is 0 Å². The maximum Gasteiger partial charge on any atom is 0.119 e. The molecule has 2 aromatic carbocycles. The van der Waals surface area contributed by atoms with Crippen molar-refractivity contribution in [3.8, 4) is 5.75 Å². The van der Waals surface area contributed by atoms with Gasteiger partial charge in [-0.2, -0.15) is 0 Å². The molecule has 0 unspecified atom stereocenters. The van der Waals surface area contributed by atoms with Crippen molar-refractivity contribution in [1.82, 2.24) is 5.32 Å². The molecule has 0 aliphatic heterocycles. The predicted molar refractivity (Wildman–Crippen MR) is 84.9 cm³/mol. The zero-order chi connectivity index (χ0) is 14.0. The number of para-hydroxylation sites is 1. The van der Waals surface area contributed by atoms with E-state index >= 15 is 0 Å². The maximum absolute atomic E-state index is 5.64. The molecule has 0 bridgehead atoms. The van der Waals surface area contributed by atoms with Crippen molar-refractivity contribution in [2.75, 3.05) is 19.7 Å². The van der Waals surface area contributed by atoms with E-state index in [1.54, 1.807) is 0 Å². The molecule has 2 heteroatoms. The van der Waals surface area contributed by atoms with Gasteiger partial charge in [-0.15, -0.1) is 0 Å². The van der Waals surface area contributed by atoms with Gasteiger partial charge in [0.2, 0.25) is 0 Å². The largest absolute Gasteiger partial charge is 0.494 e. The standard InChI is InChI=1S/C18H21NO/c1-16(17-9-4-2-5-10-17)15-19-13-8-14-20-18-11-6-3-7-12-18/h2-7,9-12,19H,1,8,13-15H2. The van der Waals surface area contributed by atoms with E-state index in [2.05, 4.69) is 24.0 Å². The lowest BCUT2D eigenvalue weighted by atomic mass is 10.1. The van der Waals surface area contributed by atoms with E-state index in [4.69, 9.17) is 4.74 Å². The molecule has 0 saturated heterocycles. The summed E-state index contributed by atoms with van der Waals surface area (Å²) in [7, 11) is 0. The third-order valence-electron chi connectivity index (χ3n) is 3.03. The third-order valence-corrected chi connectivity index (χ3v) is 3.03. The topological polar surface area (TPSA) is 21.3 Å². The summed E-state index contributed by atoms with van der Waals surface area (Å²) in [6.07, 6.45) is 0.983. The van der Waals surface area contributed by atoms with Crippen molar-refractivity contribution in [2.45, 2.75) is 6.42 Å². The fraction of sp³-hybridized carbons (Fsp3) is 0.222. The van der Waals surface area contributed by atoms with Crippen LogP contribution in [0.2, 0.25) is 0 Å². The number of rotatable bonds is 8. The van der Waals surface area contributed by atoms with Crippen molar-refractivity contribution >= 4 is 5.57 Å². The van der Waals surface area contributed by atoms with E-state index in [1.807, 2.05) is 48.5 Å². The molecule has 2 rings (SSSR count). The Morgan fingerprint density at radius 3 is 2.30 bits per heavy atom. The van der Waals surface area contributed by atoms with Crippen LogP contribution in [-0.2, 0) is 0 Å². The predicted octanol–water partition coefficient (Wildman–Crippen LogP) is 3.76. The molecule has 0 heterocycles. The van der Waals surface area contributed by atoms with Crippen LogP contribution in [0.3, 0.4) is 0 Å². The molecule has 0 radical (unpaired) electrons. The van der Waals surface area contributed by atoms with Crippen molar-refractivity contribution in [1.29, 1.82) is 0 Å².